The van der Waals surface area contributed by atoms with Crippen molar-refractivity contribution in [3.05, 3.63) is 0 Å². The van der Waals surface area contributed by atoms with Gasteiger partial charge in [0.25, 0.3) is 0 Å². The first-order valence-corrected chi connectivity index (χ1v) is 12.1. The van der Waals surface area contributed by atoms with Gasteiger partial charge in [0.15, 0.2) is 0 Å². The highest BCUT2D eigenvalue weighted by Crippen LogP contribution is 2.14. The highest BCUT2D eigenvalue weighted by molar-refractivity contribution is 7.99. The van der Waals surface area contributed by atoms with Crippen LogP contribution in [0.2, 0.25) is 0 Å². The number of aliphatic hydroxyl groups is 2. The van der Waals surface area contributed by atoms with Crippen LogP contribution in [0, 0.1) is 0 Å². The summed E-state index contributed by atoms with van der Waals surface area (Å²) in [4.78, 5) is 0. The Morgan fingerprint density at radius 3 is 0.913 bits per heavy atom. The molecule has 23 heavy (non-hydrogen) atoms. The fourth-order valence-electron chi connectivity index (χ4n) is 2.48. The van der Waals surface area contributed by atoms with Crippen LogP contribution < -0.4 is 0 Å². The quantitative estimate of drug-likeness (QED) is 0.279. The van der Waals surface area contributed by atoms with Crippen molar-refractivity contribution in [1.82, 2.24) is 0 Å². The molecule has 140 valence electrons. The van der Waals surface area contributed by atoms with E-state index in [9.17, 15) is 0 Å². The van der Waals surface area contributed by atoms with Gasteiger partial charge in [0.1, 0.15) is 0 Å². The lowest BCUT2D eigenvalue weighted by Gasteiger charge is -2.03. The molecule has 0 aliphatic rings. The molecule has 0 aliphatic heterocycles. The molecule has 0 aliphatic carbocycles. The van der Waals surface area contributed by atoms with E-state index in [-0.39, 0.29) is 0 Å². The predicted octanol–water partition coefficient (Wildman–Crippen LogP) is 5.51. The summed E-state index contributed by atoms with van der Waals surface area (Å²) in [6.07, 6.45) is 16.9. The van der Waals surface area contributed by atoms with Gasteiger partial charge in [-0.3, -0.25) is 0 Å². The molecular formula is C19H40O2S2. The van der Waals surface area contributed by atoms with E-state index in [2.05, 4.69) is 23.5 Å². The second kappa shape index (κ2) is 22.6. The number of aliphatic hydroxyl groups excluding tert-OH is 2. The van der Waals surface area contributed by atoms with Crippen LogP contribution in [0.3, 0.4) is 0 Å². The molecule has 0 saturated heterocycles. The van der Waals surface area contributed by atoms with E-state index in [1.54, 1.807) is 0 Å². The summed E-state index contributed by atoms with van der Waals surface area (Å²) in [5.41, 5.74) is 0. The highest BCUT2D eigenvalue weighted by atomic mass is 32.2. The maximum Gasteiger partial charge on any atom is 0.0431 e. The van der Waals surface area contributed by atoms with Gasteiger partial charge < -0.3 is 10.2 Å². The third kappa shape index (κ3) is 22.6. The Kier molecular flexibility index (Phi) is 23.2. The molecule has 0 fully saturated rings. The Balaban J connectivity index is 2.92. The summed E-state index contributed by atoms with van der Waals surface area (Å²) >= 11 is 4.11. The fourth-order valence-corrected chi connectivity index (χ4v) is 4.52. The minimum Gasteiger partial charge on any atom is -0.396 e. The molecule has 0 heterocycles. The topological polar surface area (TPSA) is 40.5 Å². The monoisotopic (exact) mass is 364 g/mol. The Hall–Kier alpha value is 0.620. The summed E-state index contributed by atoms with van der Waals surface area (Å²) in [5, 5.41) is 17.4. The third-order valence-electron chi connectivity index (χ3n) is 3.97. The van der Waals surface area contributed by atoms with Crippen molar-refractivity contribution in [3.8, 4) is 0 Å². The van der Waals surface area contributed by atoms with Crippen molar-refractivity contribution >= 4 is 23.5 Å². The van der Waals surface area contributed by atoms with Crippen LogP contribution in [-0.4, -0.2) is 46.4 Å². The molecule has 2 nitrogen and oxygen atoms in total. The second-order valence-electron chi connectivity index (χ2n) is 6.27. The van der Waals surface area contributed by atoms with Crippen LogP contribution >= 0.6 is 23.5 Å². The molecule has 0 aromatic heterocycles. The van der Waals surface area contributed by atoms with Crippen LogP contribution in [-0.2, 0) is 0 Å². The molecule has 0 bridgehead atoms. The van der Waals surface area contributed by atoms with Gasteiger partial charge in [0.2, 0.25) is 0 Å². The molecule has 0 radical (unpaired) electrons. The molecule has 0 atom stereocenters. The van der Waals surface area contributed by atoms with Crippen LogP contribution in [0.15, 0.2) is 0 Å². The molecular weight excluding hydrogens is 324 g/mol. The van der Waals surface area contributed by atoms with E-state index in [1.807, 2.05) is 0 Å². The van der Waals surface area contributed by atoms with E-state index >= 15 is 0 Å². The molecule has 0 aromatic rings. The number of unbranched alkanes of at least 4 members (excludes halogenated alkanes) is 10. The molecule has 4 heteroatoms. The minimum atomic E-state index is 0.351. The van der Waals surface area contributed by atoms with Crippen LogP contribution in [0.25, 0.3) is 0 Å². The van der Waals surface area contributed by atoms with Crippen molar-refractivity contribution in [2.24, 2.45) is 0 Å². The molecule has 2 N–H and O–H groups in total. The smallest absolute Gasteiger partial charge is 0.0431 e. The highest BCUT2D eigenvalue weighted by Gasteiger charge is 1.95. The van der Waals surface area contributed by atoms with Crippen molar-refractivity contribution in [2.75, 3.05) is 36.2 Å². The molecule has 0 saturated carbocycles. The zero-order valence-electron chi connectivity index (χ0n) is 15.1. The number of hydrogen-bond donors (Lipinski definition) is 2. The standard InChI is InChI=1S/C19H40O2S2/c20-14-8-12-18-22-16-10-6-4-2-1-3-5-7-11-17-23-19-13-9-15-21/h20-21H,1-19H2. The largest absolute Gasteiger partial charge is 0.396 e. The first kappa shape index (κ1) is 23.6. The summed E-state index contributed by atoms with van der Waals surface area (Å²) in [7, 11) is 0. The minimum absolute atomic E-state index is 0.351. The van der Waals surface area contributed by atoms with Gasteiger partial charge >= 0.3 is 0 Å². The molecule has 0 amide bonds. The van der Waals surface area contributed by atoms with E-state index in [4.69, 9.17) is 10.2 Å². The maximum absolute atomic E-state index is 8.69. The summed E-state index contributed by atoms with van der Waals surface area (Å²) in [5.74, 6) is 5.06. The Morgan fingerprint density at radius 1 is 0.348 bits per heavy atom. The molecule has 0 unspecified atom stereocenters. The average molecular weight is 365 g/mol. The summed E-state index contributed by atoms with van der Waals surface area (Å²) in [6, 6.07) is 0. The normalized spacial score (nSPS) is 11.2. The van der Waals surface area contributed by atoms with Crippen LogP contribution in [0.5, 0.6) is 0 Å². The molecule has 0 aromatic carbocycles. The van der Waals surface area contributed by atoms with Crippen molar-refractivity contribution < 1.29 is 10.2 Å². The van der Waals surface area contributed by atoms with Gasteiger partial charge in [-0.05, 0) is 61.5 Å². The maximum atomic E-state index is 8.69. The number of hydrogen-bond acceptors (Lipinski definition) is 4. The molecule has 0 rings (SSSR count). The van der Waals surface area contributed by atoms with E-state index in [1.165, 1.54) is 93.6 Å². The number of rotatable bonds is 20. The van der Waals surface area contributed by atoms with E-state index < -0.39 is 0 Å². The van der Waals surface area contributed by atoms with Gasteiger partial charge in [-0.15, -0.1) is 0 Å². The fraction of sp³-hybridized carbons (Fsp3) is 1.00. The van der Waals surface area contributed by atoms with Gasteiger partial charge in [-0.2, -0.15) is 23.5 Å². The van der Waals surface area contributed by atoms with Gasteiger partial charge in [-0.25, -0.2) is 0 Å². The third-order valence-corrected chi connectivity index (χ3v) is 6.28. The van der Waals surface area contributed by atoms with Gasteiger partial charge in [0, 0.05) is 13.2 Å². The van der Waals surface area contributed by atoms with Crippen molar-refractivity contribution in [2.45, 2.75) is 83.5 Å². The Bertz CT molecular complexity index is 184. The first-order chi connectivity index (χ1) is 11.4. The SMILES string of the molecule is OCCCCSCCCCCCCCCCCSCCCCO. The first-order valence-electron chi connectivity index (χ1n) is 9.79. The zero-order chi connectivity index (χ0) is 16.8. The van der Waals surface area contributed by atoms with Crippen molar-refractivity contribution in [1.29, 1.82) is 0 Å². The van der Waals surface area contributed by atoms with Gasteiger partial charge in [0.05, 0.1) is 0 Å². The van der Waals surface area contributed by atoms with Crippen LogP contribution in [0.4, 0.5) is 0 Å². The van der Waals surface area contributed by atoms with Crippen LogP contribution in [0.1, 0.15) is 83.5 Å². The predicted molar refractivity (Wildman–Crippen MR) is 109 cm³/mol. The second-order valence-corrected chi connectivity index (χ2v) is 8.72. The average Bonchev–Trinajstić information content (AvgIpc) is 2.57. The summed E-state index contributed by atoms with van der Waals surface area (Å²) < 4.78 is 0. The lowest BCUT2D eigenvalue weighted by Crippen LogP contribution is -1.89. The lowest BCUT2D eigenvalue weighted by atomic mass is 10.1. The number of thioether (sulfide) groups is 2. The van der Waals surface area contributed by atoms with E-state index in [0.29, 0.717) is 13.2 Å². The Labute approximate surface area is 153 Å². The lowest BCUT2D eigenvalue weighted by molar-refractivity contribution is 0.287. The Morgan fingerprint density at radius 2 is 0.609 bits per heavy atom. The summed E-state index contributed by atoms with van der Waals surface area (Å²) in [6.45, 7) is 0.702. The van der Waals surface area contributed by atoms with E-state index in [0.717, 1.165) is 12.8 Å². The van der Waals surface area contributed by atoms with Gasteiger partial charge in [-0.1, -0.05) is 44.9 Å². The zero-order valence-corrected chi connectivity index (χ0v) is 16.8. The van der Waals surface area contributed by atoms with Crippen molar-refractivity contribution in [3.63, 3.8) is 0 Å². The molecule has 0 spiro atoms.